The van der Waals surface area contributed by atoms with E-state index in [1.165, 1.54) is 11.6 Å². The van der Waals surface area contributed by atoms with Gasteiger partial charge >= 0.3 is 0 Å². The average Bonchev–Trinajstić information content (AvgIpc) is 2.41. The van der Waals surface area contributed by atoms with Crippen LogP contribution in [0.5, 0.6) is 0 Å². The molecule has 0 spiro atoms. The fraction of sp³-hybridized carbons (Fsp3) is 0.333. The quantitative estimate of drug-likeness (QED) is 0.793. The van der Waals surface area contributed by atoms with Crippen LogP contribution in [0.3, 0.4) is 0 Å². The Morgan fingerprint density at radius 2 is 1.52 bits per heavy atom. The van der Waals surface area contributed by atoms with Gasteiger partial charge in [0, 0.05) is 11.7 Å². The highest BCUT2D eigenvalue weighted by Gasteiger charge is 2.13. The predicted octanol–water partition coefficient (Wildman–Crippen LogP) is 5.44. The molecule has 0 fully saturated rings. The third kappa shape index (κ3) is 3.81. The summed E-state index contributed by atoms with van der Waals surface area (Å²) in [6.07, 6.45) is 0. The van der Waals surface area contributed by atoms with Gasteiger partial charge in [-0.15, -0.1) is 0 Å². The topological polar surface area (TPSA) is 12.0 Å². The van der Waals surface area contributed by atoms with Gasteiger partial charge in [-0.1, -0.05) is 39.0 Å². The van der Waals surface area contributed by atoms with Gasteiger partial charge in [0.25, 0.3) is 0 Å². The van der Waals surface area contributed by atoms with Crippen LogP contribution >= 0.6 is 0 Å². The van der Waals surface area contributed by atoms with Crippen molar-refractivity contribution in [3.05, 3.63) is 65.2 Å². The molecule has 0 radical (unpaired) electrons. The molecule has 0 aromatic heterocycles. The van der Waals surface area contributed by atoms with Crippen molar-refractivity contribution in [3.63, 3.8) is 0 Å². The van der Waals surface area contributed by atoms with E-state index in [4.69, 9.17) is 0 Å². The highest BCUT2D eigenvalue weighted by molar-refractivity contribution is 5.47. The van der Waals surface area contributed by atoms with Crippen molar-refractivity contribution in [2.24, 2.45) is 0 Å². The summed E-state index contributed by atoms with van der Waals surface area (Å²) < 4.78 is 26.2. The van der Waals surface area contributed by atoms with Gasteiger partial charge in [0.2, 0.25) is 0 Å². The van der Waals surface area contributed by atoms with Crippen LogP contribution in [0.1, 0.15) is 44.9 Å². The molecule has 1 nitrogen and oxygen atoms in total. The molecule has 0 aliphatic heterocycles. The molecule has 21 heavy (non-hydrogen) atoms. The summed E-state index contributed by atoms with van der Waals surface area (Å²) in [7, 11) is 0. The Kier molecular flexibility index (Phi) is 4.31. The molecule has 2 aromatic carbocycles. The summed E-state index contributed by atoms with van der Waals surface area (Å²) in [5, 5.41) is 3.29. The Balaban J connectivity index is 2.12. The minimum Gasteiger partial charge on any atom is -0.379 e. The summed E-state index contributed by atoms with van der Waals surface area (Å²) >= 11 is 0. The normalized spacial score (nSPS) is 13.0. The van der Waals surface area contributed by atoms with Gasteiger partial charge in [0.15, 0.2) is 11.6 Å². The third-order valence-electron chi connectivity index (χ3n) is 3.58. The number of hydrogen-bond donors (Lipinski definition) is 1. The van der Waals surface area contributed by atoms with Gasteiger partial charge in [0.1, 0.15) is 0 Å². The van der Waals surface area contributed by atoms with E-state index in [-0.39, 0.29) is 11.5 Å². The molecule has 0 saturated carbocycles. The van der Waals surface area contributed by atoms with Gasteiger partial charge in [0.05, 0.1) is 0 Å². The van der Waals surface area contributed by atoms with Crippen LogP contribution in [0.15, 0.2) is 42.5 Å². The predicted molar refractivity (Wildman–Crippen MR) is 83.5 cm³/mol. The summed E-state index contributed by atoms with van der Waals surface area (Å²) in [4.78, 5) is 0. The van der Waals surface area contributed by atoms with Crippen molar-refractivity contribution in [1.82, 2.24) is 0 Å². The maximum absolute atomic E-state index is 13.3. The SMILES string of the molecule is CC(Nc1ccc(C(C)(C)C)cc1)c1ccc(F)c(F)c1. The van der Waals surface area contributed by atoms with Gasteiger partial charge < -0.3 is 5.32 Å². The first kappa shape index (κ1) is 15.5. The van der Waals surface area contributed by atoms with Crippen LogP contribution in [0, 0.1) is 11.6 Å². The van der Waals surface area contributed by atoms with E-state index in [0.29, 0.717) is 5.56 Å². The van der Waals surface area contributed by atoms with Crippen molar-refractivity contribution in [2.75, 3.05) is 5.32 Å². The highest BCUT2D eigenvalue weighted by Crippen LogP contribution is 2.25. The van der Waals surface area contributed by atoms with Crippen LogP contribution < -0.4 is 5.32 Å². The Morgan fingerprint density at radius 3 is 2.05 bits per heavy atom. The van der Waals surface area contributed by atoms with Crippen LogP contribution in [0.2, 0.25) is 0 Å². The fourth-order valence-electron chi connectivity index (χ4n) is 2.18. The number of rotatable bonds is 3. The van der Waals surface area contributed by atoms with Crippen molar-refractivity contribution in [3.8, 4) is 0 Å². The number of benzene rings is 2. The molecule has 1 unspecified atom stereocenters. The van der Waals surface area contributed by atoms with Crippen LogP contribution in [-0.2, 0) is 5.41 Å². The van der Waals surface area contributed by atoms with Gasteiger partial charge in [-0.2, -0.15) is 0 Å². The average molecular weight is 289 g/mol. The van der Waals surface area contributed by atoms with Crippen molar-refractivity contribution >= 4 is 5.69 Å². The third-order valence-corrected chi connectivity index (χ3v) is 3.58. The fourth-order valence-corrected chi connectivity index (χ4v) is 2.18. The molecule has 1 N–H and O–H groups in total. The Morgan fingerprint density at radius 1 is 0.905 bits per heavy atom. The first-order valence-electron chi connectivity index (χ1n) is 7.09. The van der Waals surface area contributed by atoms with Gasteiger partial charge in [-0.3, -0.25) is 0 Å². The second-order valence-electron chi connectivity index (χ2n) is 6.37. The van der Waals surface area contributed by atoms with Crippen molar-refractivity contribution in [1.29, 1.82) is 0 Å². The maximum atomic E-state index is 13.3. The largest absolute Gasteiger partial charge is 0.379 e. The molecule has 0 amide bonds. The molecule has 0 aliphatic carbocycles. The van der Waals surface area contributed by atoms with Crippen LogP contribution in [-0.4, -0.2) is 0 Å². The number of nitrogens with one attached hydrogen (secondary N) is 1. The lowest BCUT2D eigenvalue weighted by molar-refractivity contribution is 0.506. The first-order valence-corrected chi connectivity index (χ1v) is 7.09. The zero-order chi connectivity index (χ0) is 15.6. The number of anilines is 1. The lowest BCUT2D eigenvalue weighted by Crippen LogP contribution is -2.11. The van der Waals surface area contributed by atoms with E-state index in [1.807, 2.05) is 19.1 Å². The van der Waals surface area contributed by atoms with Crippen molar-refractivity contribution in [2.45, 2.75) is 39.2 Å². The molecule has 2 rings (SSSR count). The van der Waals surface area contributed by atoms with E-state index in [2.05, 4.69) is 38.2 Å². The van der Waals surface area contributed by atoms with Crippen LogP contribution in [0.25, 0.3) is 0 Å². The zero-order valence-corrected chi connectivity index (χ0v) is 12.9. The van der Waals surface area contributed by atoms with Gasteiger partial charge in [-0.05, 0) is 47.7 Å². The highest BCUT2D eigenvalue weighted by atomic mass is 19.2. The summed E-state index contributed by atoms with van der Waals surface area (Å²) in [5.41, 5.74) is 3.05. The maximum Gasteiger partial charge on any atom is 0.159 e. The standard InChI is InChI=1S/C18H21F2N/c1-12(13-5-10-16(19)17(20)11-13)21-15-8-6-14(7-9-15)18(2,3)4/h5-12,21H,1-4H3. The first-order chi connectivity index (χ1) is 9.77. The smallest absolute Gasteiger partial charge is 0.159 e. The molecule has 2 aromatic rings. The Bertz CT molecular complexity index is 612. The summed E-state index contributed by atoms with van der Waals surface area (Å²) in [5.74, 6) is -1.63. The Labute approximate surface area is 125 Å². The zero-order valence-electron chi connectivity index (χ0n) is 12.9. The lowest BCUT2D eigenvalue weighted by atomic mass is 9.87. The van der Waals surface area contributed by atoms with E-state index >= 15 is 0 Å². The molecule has 3 heteroatoms. The molecule has 0 heterocycles. The number of hydrogen-bond acceptors (Lipinski definition) is 1. The van der Waals surface area contributed by atoms with Crippen molar-refractivity contribution < 1.29 is 8.78 Å². The summed E-state index contributed by atoms with van der Waals surface area (Å²) in [6, 6.07) is 12.1. The van der Waals surface area contributed by atoms with E-state index in [0.717, 1.165) is 11.8 Å². The van der Waals surface area contributed by atoms with E-state index in [9.17, 15) is 8.78 Å². The summed E-state index contributed by atoms with van der Waals surface area (Å²) in [6.45, 7) is 8.42. The molecule has 0 saturated heterocycles. The second-order valence-corrected chi connectivity index (χ2v) is 6.37. The molecular formula is C18H21F2N. The van der Waals surface area contributed by atoms with E-state index < -0.39 is 11.6 Å². The minimum atomic E-state index is -0.819. The van der Waals surface area contributed by atoms with Crippen LogP contribution in [0.4, 0.5) is 14.5 Å². The van der Waals surface area contributed by atoms with E-state index in [1.54, 1.807) is 6.07 Å². The molecular weight excluding hydrogens is 268 g/mol. The van der Waals surface area contributed by atoms with Gasteiger partial charge in [-0.25, -0.2) is 8.78 Å². The molecule has 0 bridgehead atoms. The molecule has 0 aliphatic rings. The second kappa shape index (κ2) is 5.84. The minimum absolute atomic E-state index is 0.0967. The molecule has 112 valence electrons. The molecule has 1 atom stereocenters. The lowest BCUT2D eigenvalue weighted by Gasteiger charge is -2.20. The number of halogens is 2. The Hall–Kier alpha value is -1.90. The monoisotopic (exact) mass is 289 g/mol.